The molecular weight excluding hydrogens is 264 g/mol. The molecule has 0 fully saturated rings. The van der Waals surface area contributed by atoms with E-state index >= 15 is 0 Å². The summed E-state index contributed by atoms with van der Waals surface area (Å²) in [4.78, 5) is 11.8. The van der Waals surface area contributed by atoms with Gasteiger partial charge in [0.15, 0.2) is 0 Å². The van der Waals surface area contributed by atoms with Gasteiger partial charge >= 0.3 is 0 Å². The van der Waals surface area contributed by atoms with Gasteiger partial charge in [-0.1, -0.05) is 20.8 Å². The fraction of sp³-hybridized carbons (Fsp3) is 0.750. The minimum Gasteiger partial charge on any atom is -0.355 e. The molecule has 5 heteroatoms. The van der Waals surface area contributed by atoms with E-state index in [1.165, 1.54) is 11.3 Å². The number of hydrogen-bond donors (Lipinski definition) is 2. The molecule has 0 aliphatic rings. The van der Waals surface area contributed by atoms with Crippen molar-refractivity contribution in [3.63, 3.8) is 0 Å². The number of amides is 1. The maximum absolute atomic E-state index is 11.8. The molecule has 1 heterocycles. The Bertz CT molecular complexity index is 451. The fourth-order valence-corrected chi connectivity index (χ4v) is 2.41. The summed E-state index contributed by atoms with van der Waals surface area (Å²) in [7, 11) is 0. The van der Waals surface area contributed by atoms with Crippen LogP contribution in [0, 0.1) is 19.8 Å². The summed E-state index contributed by atoms with van der Waals surface area (Å²) in [6.45, 7) is 13.9. The zero-order valence-corrected chi connectivity index (χ0v) is 14.1. The van der Waals surface area contributed by atoms with Crippen LogP contribution in [0.3, 0.4) is 0 Å². The second-order valence-corrected chi connectivity index (χ2v) is 5.93. The van der Waals surface area contributed by atoms with Gasteiger partial charge in [-0.05, 0) is 38.3 Å². The molecule has 0 aromatic carbocycles. The summed E-state index contributed by atoms with van der Waals surface area (Å²) in [5.41, 5.74) is 3.47. The third-order valence-electron chi connectivity index (χ3n) is 3.55. The Morgan fingerprint density at radius 1 is 1.29 bits per heavy atom. The van der Waals surface area contributed by atoms with Crippen LogP contribution in [-0.4, -0.2) is 35.3 Å². The Morgan fingerprint density at radius 3 is 2.62 bits per heavy atom. The number of rotatable bonds is 9. The zero-order valence-electron chi connectivity index (χ0n) is 14.1. The molecule has 1 aromatic rings. The van der Waals surface area contributed by atoms with E-state index in [1.54, 1.807) is 0 Å². The van der Waals surface area contributed by atoms with Crippen LogP contribution in [0.25, 0.3) is 0 Å². The van der Waals surface area contributed by atoms with Gasteiger partial charge < -0.3 is 10.6 Å². The molecule has 0 unspecified atom stereocenters. The molecule has 0 radical (unpaired) electrons. The van der Waals surface area contributed by atoms with Crippen molar-refractivity contribution in [3.05, 3.63) is 17.0 Å². The van der Waals surface area contributed by atoms with Crippen molar-refractivity contribution >= 4 is 5.91 Å². The molecule has 2 N–H and O–H groups in total. The van der Waals surface area contributed by atoms with Crippen LogP contribution in [0.5, 0.6) is 0 Å². The van der Waals surface area contributed by atoms with Gasteiger partial charge in [-0.25, -0.2) is 0 Å². The Morgan fingerprint density at radius 2 is 2.00 bits per heavy atom. The molecule has 1 rings (SSSR count). The lowest BCUT2D eigenvalue weighted by Gasteiger charge is -2.08. The molecule has 0 atom stereocenters. The van der Waals surface area contributed by atoms with E-state index in [1.807, 2.05) is 6.92 Å². The number of hydrogen-bond acceptors (Lipinski definition) is 3. The van der Waals surface area contributed by atoms with Gasteiger partial charge in [-0.3, -0.25) is 9.48 Å². The number of aryl methyl sites for hydroxylation is 1. The van der Waals surface area contributed by atoms with Crippen molar-refractivity contribution in [1.82, 2.24) is 20.4 Å². The minimum atomic E-state index is 0.114. The van der Waals surface area contributed by atoms with Crippen LogP contribution in [-0.2, 0) is 17.8 Å². The highest BCUT2D eigenvalue weighted by atomic mass is 16.1. The quantitative estimate of drug-likeness (QED) is 0.683. The second kappa shape index (κ2) is 8.82. The number of carbonyl (C=O) groups excluding carboxylic acids is 1. The predicted octanol–water partition coefficient (Wildman–Crippen LogP) is 1.81. The Kier molecular flexibility index (Phi) is 7.43. The number of aromatic nitrogens is 2. The summed E-state index contributed by atoms with van der Waals surface area (Å²) >= 11 is 0. The van der Waals surface area contributed by atoms with Gasteiger partial charge in [0, 0.05) is 31.7 Å². The molecule has 0 spiro atoms. The van der Waals surface area contributed by atoms with E-state index in [9.17, 15) is 4.79 Å². The molecule has 120 valence electrons. The third kappa shape index (κ3) is 5.87. The molecule has 21 heavy (non-hydrogen) atoms. The van der Waals surface area contributed by atoms with Crippen LogP contribution < -0.4 is 10.6 Å². The van der Waals surface area contributed by atoms with E-state index in [2.05, 4.69) is 48.1 Å². The summed E-state index contributed by atoms with van der Waals surface area (Å²) in [6, 6.07) is 0. The lowest BCUT2D eigenvalue weighted by molar-refractivity contribution is -0.121. The summed E-state index contributed by atoms with van der Waals surface area (Å²) in [6.07, 6.45) is 1.30. The average Bonchev–Trinajstić information content (AvgIpc) is 2.67. The zero-order chi connectivity index (χ0) is 15.8. The van der Waals surface area contributed by atoms with Crippen molar-refractivity contribution in [2.75, 3.05) is 19.6 Å². The highest BCUT2D eigenvalue weighted by Gasteiger charge is 2.13. The molecule has 5 nitrogen and oxygen atoms in total. The SMILES string of the molecule is CCNCCNC(=O)CCc1c(C)nn(CC(C)C)c1C. The van der Waals surface area contributed by atoms with Crippen molar-refractivity contribution in [2.45, 2.75) is 54.0 Å². The van der Waals surface area contributed by atoms with E-state index in [0.29, 0.717) is 18.9 Å². The molecule has 0 saturated heterocycles. The number of nitrogens with one attached hydrogen (secondary N) is 2. The molecular formula is C16H30N4O. The molecule has 1 aromatic heterocycles. The highest BCUT2D eigenvalue weighted by molar-refractivity contribution is 5.76. The van der Waals surface area contributed by atoms with Crippen molar-refractivity contribution < 1.29 is 4.79 Å². The number of likely N-dealkylation sites (N-methyl/N-ethyl adjacent to an activating group) is 1. The first kappa shape index (κ1) is 17.7. The lowest BCUT2D eigenvalue weighted by Crippen LogP contribution is -2.31. The maximum atomic E-state index is 11.8. The summed E-state index contributed by atoms with van der Waals surface area (Å²) in [5, 5.41) is 10.7. The number of carbonyl (C=O) groups is 1. The minimum absolute atomic E-state index is 0.114. The first-order valence-electron chi connectivity index (χ1n) is 7.96. The Labute approximate surface area is 128 Å². The maximum Gasteiger partial charge on any atom is 0.220 e. The average molecular weight is 294 g/mol. The largest absolute Gasteiger partial charge is 0.355 e. The van der Waals surface area contributed by atoms with E-state index in [0.717, 1.165) is 31.7 Å². The molecule has 0 aliphatic carbocycles. The van der Waals surface area contributed by atoms with E-state index in [-0.39, 0.29) is 5.91 Å². The van der Waals surface area contributed by atoms with Gasteiger partial charge in [0.05, 0.1) is 5.69 Å². The molecule has 0 aliphatic heterocycles. The topological polar surface area (TPSA) is 58.9 Å². The van der Waals surface area contributed by atoms with Crippen LogP contribution in [0.2, 0.25) is 0 Å². The van der Waals surface area contributed by atoms with Gasteiger partial charge in [-0.15, -0.1) is 0 Å². The van der Waals surface area contributed by atoms with Gasteiger partial charge in [0.2, 0.25) is 5.91 Å². The van der Waals surface area contributed by atoms with Crippen LogP contribution in [0.4, 0.5) is 0 Å². The Balaban J connectivity index is 2.48. The van der Waals surface area contributed by atoms with Crippen LogP contribution in [0.1, 0.15) is 44.1 Å². The number of nitrogens with zero attached hydrogens (tertiary/aromatic N) is 2. The third-order valence-corrected chi connectivity index (χ3v) is 3.55. The van der Waals surface area contributed by atoms with Crippen molar-refractivity contribution in [3.8, 4) is 0 Å². The molecule has 0 bridgehead atoms. The lowest BCUT2D eigenvalue weighted by atomic mass is 10.1. The fourth-order valence-electron chi connectivity index (χ4n) is 2.41. The Hall–Kier alpha value is -1.36. The first-order valence-corrected chi connectivity index (χ1v) is 7.96. The normalized spacial score (nSPS) is 11.1. The van der Waals surface area contributed by atoms with E-state index in [4.69, 9.17) is 0 Å². The van der Waals surface area contributed by atoms with Crippen molar-refractivity contribution in [1.29, 1.82) is 0 Å². The molecule has 0 saturated carbocycles. The van der Waals surface area contributed by atoms with Gasteiger partial charge in [0.25, 0.3) is 0 Å². The van der Waals surface area contributed by atoms with Gasteiger partial charge in [0.1, 0.15) is 0 Å². The van der Waals surface area contributed by atoms with E-state index < -0.39 is 0 Å². The smallest absolute Gasteiger partial charge is 0.220 e. The van der Waals surface area contributed by atoms with Gasteiger partial charge in [-0.2, -0.15) is 5.10 Å². The first-order chi connectivity index (χ1) is 9.95. The van der Waals surface area contributed by atoms with Crippen LogP contribution >= 0.6 is 0 Å². The summed E-state index contributed by atoms with van der Waals surface area (Å²) in [5.74, 6) is 0.688. The second-order valence-electron chi connectivity index (χ2n) is 5.93. The monoisotopic (exact) mass is 294 g/mol. The standard InChI is InChI=1S/C16H30N4O/c1-6-17-9-10-18-16(21)8-7-15-13(4)19-20(14(15)5)11-12(2)3/h12,17H,6-11H2,1-5H3,(H,18,21). The van der Waals surface area contributed by atoms with Crippen LogP contribution in [0.15, 0.2) is 0 Å². The predicted molar refractivity (Wildman–Crippen MR) is 86.4 cm³/mol. The summed E-state index contributed by atoms with van der Waals surface area (Å²) < 4.78 is 2.07. The molecule has 1 amide bonds. The van der Waals surface area contributed by atoms with Crippen molar-refractivity contribution in [2.24, 2.45) is 5.92 Å². The highest BCUT2D eigenvalue weighted by Crippen LogP contribution is 2.16.